The maximum absolute atomic E-state index is 13.4. The summed E-state index contributed by atoms with van der Waals surface area (Å²) in [6.45, 7) is 3.73. The molecule has 1 fully saturated rings. The van der Waals surface area contributed by atoms with Crippen LogP contribution in [-0.2, 0) is 16.2 Å². The Bertz CT molecular complexity index is 1080. The first-order chi connectivity index (χ1) is 13.9. The van der Waals surface area contributed by atoms with Gasteiger partial charge in [0.2, 0.25) is 10.0 Å². The van der Waals surface area contributed by atoms with E-state index in [0.717, 1.165) is 17.2 Å². The van der Waals surface area contributed by atoms with Gasteiger partial charge in [-0.25, -0.2) is 12.8 Å². The van der Waals surface area contributed by atoms with Crippen LogP contribution in [0.1, 0.15) is 27.0 Å². The van der Waals surface area contributed by atoms with Gasteiger partial charge in [-0.05, 0) is 55.3 Å². The number of carbonyl (C=O) groups is 1. The number of hydrogen-bond acceptors (Lipinski definition) is 3. The molecular formula is C20H20F4N2O3S. The summed E-state index contributed by atoms with van der Waals surface area (Å²) in [5.74, 6) is -2.16. The van der Waals surface area contributed by atoms with Crippen LogP contribution in [-0.4, -0.2) is 49.7 Å². The molecule has 0 spiro atoms. The summed E-state index contributed by atoms with van der Waals surface area (Å²) < 4.78 is 79.1. The van der Waals surface area contributed by atoms with Gasteiger partial charge in [-0.3, -0.25) is 4.79 Å². The highest BCUT2D eigenvalue weighted by molar-refractivity contribution is 7.89. The Labute approximate surface area is 172 Å². The number of rotatable bonds is 3. The molecule has 1 heterocycles. The number of sulfonamides is 1. The predicted octanol–water partition coefficient (Wildman–Crippen LogP) is 3.61. The van der Waals surface area contributed by atoms with Crippen LogP contribution >= 0.6 is 0 Å². The summed E-state index contributed by atoms with van der Waals surface area (Å²) in [5.41, 5.74) is -0.0120. The minimum absolute atomic E-state index is 0.00825. The van der Waals surface area contributed by atoms with Gasteiger partial charge < -0.3 is 4.90 Å². The molecule has 3 rings (SSSR count). The quantitative estimate of drug-likeness (QED) is 0.680. The van der Waals surface area contributed by atoms with Gasteiger partial charge in [-0.15, -0.1) is 0 Å². The van der Waals surface area contributed by atoms with E-state index in [-0.39, 0.29) is 36.6 Å². The first-order valence-corrected chi connectivity index (χ1v) is 10.6. The number of piperazine rings is 1. The van der Waals surface area contributed by atoms with Crippen molar-refractivity contribution in [1.29, 1.82) is 0 Å². The first kappa shape index (κ1) is 22.2. The van der Waals surface area contributed by atoms with E-state index in [1.165, 1.54) is 15.3 Å². The summed E-state index contributed by atoms with van der Waals surface area (Å²) in [5, 5.41) is 0. The molecule has 0 bridgehead atoms. The zero-order chi connectivity index (χ0) is 22.3. The van der Waals surface area contributed by atoms with Gasteiger partial charge in [0, 0.05) is 31.7 Å². The summed E-state index contributed by atoms with van der Waals surface area (Å²) >= 11 is 0. The number of carbonyl (C=O) groups excluding carboxylic acids is 1. The molecule has 0 atom stereocenters. The fourth-order valence-electron chi connectivity index (χ4n) is 3.21. The molecule has 0 aliphatic carbocycles. The third-order valence-corrected chi connectivity index (χ3v) is 7.06. The highest BCUT2D eigenvalue weighted by Gasteiger charge is 2.36. The molecular weight excluding hydrogens is 424 g/mol. The Morgan fingerprint density at radius 3 is 2.13 bits per heavy atom. The zero-order valence-corrected chi connectivity index (χ0v) is 17.1. The molecule has 1 amide bonds. The van der Waals surface area contributed by atoms with Gasteiger partial charge in [0.25, 0.3) is 5.91 Å². The second kappa shape index (κ2) is 7.99. The molecule has 1 aliphatic rings. The van der Waals surface area contributed by atoms with Gasteiger partial charge in [0.1, 0.15) is 5.82 Å². The lowest BCUT2D eigenvalue weighted by Gasteiger charge is -2.34. The van der Waals surface area contributed by atoms with Crippen molar-refractivity contribution in [2.45, 2.75) is 24.9 Å². The molecule has 0 saturated carbocycles. The van der Waals surface area contributed by atoms with Crippen molar-refractivity contribution in [2.24, 2.45) is 0 Å². The Morgan fingerprint density at radius 1 is 0.933 bits per heavy atom. The predicted molar refractivity (Wildman–Crippen MR) is 102 cm³/mol. The molecule has 1 saturated heterocycles. The van der Waals surface area contributed by atoms with Crippen LogP contribution in [0.2, 0.25) is 0 Å². The van der Waals surface area contributed by atoms with E-state index >= 15 is 0 Å². The lowest BCUT2D eigenvalue weighted by molar-refractivity contribution is -0.140. The monoisotopic (exact) mass is 444 g/mol. The number of amides is 1. The summed E-state index contributed by atoms with van der Waals surface area (Å²) in [4.78, 5) is 14.0. The summed E-state index contributed by atoms with van der Waals surface area (Å²) in [6, 6.07) is 6.90. The molecule has 0 radical (unpaired) electrons. The fraction of sp³-hybridized carbons (Fsp3) is 0.350. The Hall–Kier alpha value is -2.46. The van der Waals surface area contributed by atoms with Gasteiger partial charge in [-0.2, -0.15) is 17.5 Å². The smallest absolute Gasteiger partial charge is 0.336 e. The molecule has 0 N–H and O–H groups in total. The molecule has 0 unspecified atom stereocenters. The van der Waals surface area contributed by atoms with Crippen molar-refractivity contribution < 1.29 is 30.8 Å². The average molecular weight is 444 g/mol. The van der Waals surface area contributed by atoms with Crippen molar-refractivity contribution in [3.63, 3.8) is 0 Å². The van der Waals surface area contributed by atoms with Gasteiger partial charge in [0.15, 0.2) is 0 Å². The standard InChI is InChI=1S/C20H20F4N2O3S/c1-13-3-5-16(11-14(13)2)30(28,29)26-9-7-25(8-10-26)19(27)15-4-6-18(21)17(12-15)20(22,23)24/h3-6,11-12H,7-10H2,1-2H3. The van der Waals surface area contributed by atoms with Crippen LogP contribution in [0.5, 0.6) is 0 Å². The van der Waals surface area contributed by atoms with E-state index in [0.29, 0.717) is 12.1 Å². The SMILES string of the molecule is Cc1ccc(S(=O)(=O)N2CCN(C(=O)c3ccc(F)c(C(F)(F)F)c3)CC2)cc1C. The van der Waals surface area contributed by atoms with E-state index < -0.39 is 33.5 Å². The third-order valence-electron chi connectivity index (χ3n) is 5.16. The van der Waals surface area contributed by atoms with E-state index in [9.17, 15) is 30.8 Å². The summed E-state index contributed by atoms with van der Waals surface area (Å²) in [6.07, 6.45) is -4.92. The van der Waals surface area contributed by atoms with Crippen LogP contribution in [0.4, 0.5) is 17.6 Å². The normalized spacial score (nSPS) is 16.0. The van der Waals surface area contributed by atoms with E-state index in [1.54, 1.807) is 12.1 Å². The van der Waals surface area contributed by atoms with Gasteiger partial charge in [0.05, 0.1) is 10.5 Å². The van der Waals surface area contributed by atoms with Crippen LogP contribution < -0.4 is 0 Å². The fourth-order valence-corrected chi connectivity index (χ4v) is 4.72. The molecule has 10 heteroatoms. The van der Waals surface area contributed by atoms with Crippen molar-refractivity contribution in [3.05, 3.63) is 64.5 Å². The topological polar surface area (TPSA) is 57.7 Å². The Balaban J connectivity index is 1.74. The number of alkyl halides is 3. The zero-order valence-electron chi connectivity index (χ0n) is 16.3. The van der Waals surface area contributed by atoms with Crippen molar-refractivity contribution in [1.82, 2.24) is 9.21 Å². The third kappa shape index (κ3) is 4.34. The Morgan fingerprint density at radius 2 is 1.57 bits per heavy atom. The van der Waals surface area contributed by atoms with E-state index in [4.69, 9.17) is 0 Å². The van der Waals surface area contributed by atoms with E-state index in [2.05, 4.69) is 0 Å². The number of benzene rings is 2. The van der Waals surface area contributed by atoms with Crippen LogP contribution in [0.15, 0.2) is 41.3 Å². The van der Waals surface area contributed by atoms with Crippen LogP contribution in [0, 0.1) is 19.7 Å². The first-order valence-electron chi connectivity index (χ1n) is 9.14. The molecule has 1 aliphatic heterocycles. The molecule has 2 aromatic rings. The second-order valence-electron chi connectivity index (χ2n) is 7.13. The highest BCUT2D eigenvalue weighted by atomic mass is 32.2. The van der Waals surface area contributed by atoms with Crippen molar-refractivity contribution >= 4 is 15.9 Å². The lowest BCUT2D eigenvalue weighted by atomic mass is 10.1. The number of aryl methyl sites for hydroxylation is 2. The molecule has 5 nitrogen and oxygen atoms in total. The molecule has 30 heavy (non-hydrogen) atoms. The number of nitrogens with zero attached hydrogens (tertiary/aromatic N) is 2. The molecule has 2 aromatic carbocycles. The summed E-state index contributed by atoms with van der Waals surface area (Å²) in [7, 11) is -3.75. The Kier molecular flexibility index (Phi) is 5.92. The number of halogens is 4. The van der Waals surface area contributed by atoms with Crippen LogP contribution in [0.3, 0.4) is 0 Å². The minimum Gasteiger partial charge on any atom is -0.336 e. The largest absolute Gasteiger partial charge is 0.419 e. The molecule has 0 aromatic heterocycles. The lowest BCUT2D eigenvalue weighted by Crippen LogP contribution is -2.50. The maximum atomic E-state index is 13.4. The highest BCUT2D eigenvalue weighted by Crippen LogP contribution is 2.32. The maximum Gasteiger partial charge on any atom is 0.419 e. The van der Waals surface area contributed by atoms with Crippen LogP contribution in [0.25, 0.3) is 0 Å². The van der Waals surface area contributed by atoms with E-state index in [1.807, 2.05) is 13.8 Å². The average Bonchev–Trinajstić information content (AvgIpc) is 2.69. The molecule has 162 valence electrons. The number of hydrogen-bond donors (Lipinski definition) is 0. The van der Waals surface area contributed by atoms with Gasteiger partial charge in [-0.1, -0.05) is 6.07 Å². The van der Waals surface area contributed by atoms with Crippen molar-refractivity contribution in [3.8, 4) is 0 Å². The second-order valence-corrected chi connectivity index (χ2v) is 9.07. The van der Waals surface area contributed by atoms with Crippen molar-refractivity contribution in [2.75, 3.05) is 26.2 Å². The minimum atomic E-state index is -4.92. The van der Waals surface area contributed by atoms with Gasteiger partial charge >= 0.3 is 6.18 Å².